The standard InChI is InChI=1S/C21H23F13N2O8/c22-16(23,17(24,25)18(26,27)19(28,29)20(30,31)21(32,33)34)3-1-5-42-9(6-37)8-43-13-12(40)10(7-38)44-14(13)36-4-2-11(39)35-15(36)41/h2,4,9-10,12-14,37-38,40H,1,3,5-8H2,(H,35,39,41)/t9?,10-,12+,13?,14-/m1/s1. The summed E-state index contributed by atoms with van der Waals surface area (Å²) in [7, 11) is 0. The zero-order chi connectivity index (χ0) is 34.1. The van der Waals surface area contributed by atoms with E-state index in [9.17, 15) is 82.0 Å². The molecule has 1 aromatic heterocycles. The van der Waals surface area contributed by atoms with Gasteiger partial charge in [-0.3, -0.25) is 14.3 Å². The lowest BCUT2D eigenvalue weighted by atomic mass is 9.92. The number of alkyl halides is 13. The molecule has 2 unspecified atom stereocenters. The van der Waals surface area contributed by atoms with Crippen molar-refractivity contribution in [1.29, 1.82) is 0 Å². The van der Waals surface area contributed by atoms with E-state index < -0.39 is 117 Å². The van der Waals surface area contributed by atoms with Gasteiger partial charge >= 0.3 is 41.5 Å². The van der Waals surface area contributed by atoms with Gasteiger partial charge in [-0.05, 0) is 6.42 Å². The Hall–Kier alpha value is -2.47. The lowest BCUT2D eigenvalue weighted by Crippen LogP contribution is -2.70. The molecule has 0 saturated carbocycles. The molecule has 256 valence electrons. The zero-order valence-corrected chi connectivity index (χ0v) is 21.5. The first-order valence-electron chi connectivity index (χ1n) is 12.0. The van der Waals surface area contributed by atoms with Crippen molar-refractivity contribution in [2.45, 2.75) is 79.3 Å². The quantitative estimate of drug-likeness (QED) is 0.163. The first-order chi connectivity index (χ1) is 19.9. The SMILES string of the molecule is O=c1ccn([C@@H]2O[C@H](CO)[C@H](O)C2OCC(CO)OCCCC(F)(F)C(F)(F)C(F)(F)C(F)(F)C(F)(F)C(F)(F)F)c(=O)[nH]1. The summed E-state index contributed by atoms with van der Waals surface area (Å²) >= 11 is 0. The van der Waals surface area contributed by atoms with Crippen LogP contribution in [0.25, 0.3) is 0 Å². The molecule has 1 aromatic rings. The van der Waals surface area contributed by atoms with E-state index in [2.05, 4.69) is 0 Å². The molecule has 4 N–H and O–H groups in total. The molecule has 0 aliphatic carbocycles. The average Bonchev–Trinajstić information content (AvgIpc) is 3.21. The fourth-order valence-corrected chi connectivity index (χ4v) is 3.78. The Balaban J connectivity index is 2.06. The smallest absolute Gasteiger partial charge is 0.394 e. The van der Waals surface area contributed by atoms with Gasteiger partial charge in [0.2, 0.25) is 0 Å². The van der Waals surface area contributed by atoms with E-state index >= 15 is 0 Å². The van der Waals surface area contributed by atoms with Crippen LogP contribution in [0.3, 0.4) is 0 Å². The summed E-state index contributed by atoms with van der Waals surface area (Å²) in [4.78, 5) is 25.2. The van der Waals surface area contributed by atoms with Gasteiger partial charge in [0.15, 0.2) is 6.23 Å². The van der Waals surface area contributed by atoms with E-state index in [0.29, 0.717) is 0 Å². The fourth-order valence-electron chi connectivity index (χ4n) is 3.78. The van der Waals surface area contributed by atoms with Gasteiger partial charge < -0.3 is 29.5 Å². The Kier molecular flexibility index (Phi) is 11.2. The van der Waals surface area contributed by atoms with E-state index in [4.69, 9.17) is 14.2 Å². The van der Waals surface area contributed by atoms with E-state index in [0.717, 1.165) is 16.8 Å². The lowest BCUT2D eigenvalue weighted by Gasteiger charge is -2.39. The molecule has 1 saturated heterocycles. The van der Waals surface area contributed by atoms with Gasteiger partial charge in [-0.15, -0.1) is 0 Å². The van der Waals surface area contributed by atoms with Gasteiger partial charge in [0.25, 0.3) is 5.56 Å². The maximum atomic E-state index is 13.9. The van der Waals surface area contributed by atoms with Gasteiger partial charge in [0, 0.05) is 25.3 Å². The van der Waals surface area contributed by atoms with Gasteiger partial charge in [0.05, 0.1) is 19.8 Å². The number of aromatic nitrogens is 2. The van der Waals surface area contributed by atoms with E-state index in [1.165, 1.54) is 0 Å². The summed E-state index contributed by atoms with van der Waals surface area (Å²) in [5, 5.41) is 29.1. The number of halogens is 13. The maximum absolute atomic E-state index is 13.9. The van der Waals surface area contributed by atoms with Crippen molar-refractivity contribution in [3.63, 3.8) is 0 Å². The molecule has 1 aliphatic heterocycles. The van der Waals surface area contributed by atoms with Crippen LogP contribution in [0, 0.1) is 0 Å². The third-order valence-electron chi connectivity index (χ3n) is 6.28. The van der Waals surface area contributed by atoms with Crippen LogP contribution in [0.2, 0.25) is 0 Å². The Morgan fingerprint density at radius 1 is 0.909 bits per heavy atom. The molecular formula is C21H23F13N2O8. The molecule has 0 aromatic carbocycles. The lowest BCUT2D eigenvalue weighted by molar-refractivity contribution is -0.440. The van der Waals surface area contributed by atoms with Crippen LogP contribution in [0.5, 0.6) is 0 Å². The van der Waals surface area contributed by atoms with Crippen molar-refractivity contribution in [3.8, 4) is 0 Å². The molecule has 23 heteroatoms. The highest BCUT2D eigenvalue weighted by Crippen LogP contribution is 2.60. The zero-order valence-electron chi connectivity index (χ0n) is 21.5. The summed E-state index contributed by atoms with van der Waals surface area (Å²) in [5.41, 5.74) is -1.88. The Labute approximate surface area is 235 Å². The molecule has 0 radical (unpaired) electrons. The molecule has 10 nitrogen and oxygen atoms in total. The number of rotatable bonds is 15. The van der Waals surface area contributed by atoms with Crippen LogP contribution < -0.4 is 11.2 Å². The average molecular weight is 678 g/mol. The number of aliphatic hydroxyl groups excluding tert-OH is 3. The number of nitrogens with zero attached hydrogens (tertiary/aromatic N) is 1. The second-order valence-corrected chi connectivity index (χ2v) is 9.33. The van der Waals surface area contributed by atoms with Crippen molar-refractivity contribution < 1.29 is 86.6 Å². The molecule has 5 atom stereocenters. The minimum Gasteiger partial charge on any atom is -0.394 e. The maximum Gasteiger partial charge on any atom is 0.460 e. The number of ether oxygens (including phenoxy) is 3. The largest absolute Gasteiger partial charge is 0.460 e. The topological polar surface area (TPSA) is 143 Å². The summed E-state index contributed by atoms with van der Waals surface area (Å²) in [6.45, 7) is -3.82. The number of nitrogens with one attached hydrogen (secondary N) is 1. The van der Waals surface area contributed by atoms with Gasteiger partial charge in [-0.2, -0.15) is 57.1 Å². The molecule has 44 heavy (non-hydrogen) atoms. The van der Waals surface area contributed by atoms with Gasteiger partial charge in [-0.25, -0.2) is 4.79 Å². The van der Waals surface area contributed by atoms with Gasteiger partial charge in [-0.1, -0.05) is 0 Å². The fraction of sp³-hybridized carbons (Fsp3) is 0.810. The summed E-state index contributed by atoms with van der Waals surface area (Å²) < 4.78 is 188. The second-order valence-electron chi connectivity index (χ2n) is 9.33. The van der Waals surface area contributed by atoms with Crippen LogP contribution in [0.4, 0.5) is 57.1 Å². The number of H-pyrrole nitrogens is 1. The number of hydrogen-bond donors (Lipinski definition) is 4. The van der Waals surface area contributed by atoms with Crippen LogP contribution >= 0.6 is 0 Å². The van der Waals surface area contributed by atoms with Crippen molar-refractivity contribution in [2.75, 3.05) is 26.4 Å². The highest BCUT2D eigenvalue weighted by atomic mass is 19.4. The predicted molar refractivity (Wildman–Crippen MR) is 115 cm³/mol. The van der Waals surface area contributed by atoms with Crippen molar-refractivity contribution in [3.05, 3.63) is 33.1 Å². The molecule has 2 heterocycles. The molecule has 0 bridgehead atoms. The molecule has 2 rings (SSSR count). The first kappa shape index (κ1) is 37.7. The second kappa shape index (κ2) is 13.1. The predicted octanol–water partition coefficient (Wildman–Crippen LogP) is 2.07. The third kappa shape index (κ3) is 6.85. The van der Waals surface area contributed by atoms with Crippen LogP contribution in [-0.2, 0) is 14.2 Å². The van der Waals surface area contributed by atoms with E-state index in [1.54, 1.807) is 0 Å². The third-order valence-corrected chi connectivity index (χ3v) is 6.28. The molecular weight excluding hydrogens is 655 g/mol. The minimum atomic E-state index is -8.01. The van der Waals surface area contributed by atoms with Crippen LogP contribution in [0.15, 0.2) is 21.9 Å². The van der Waals surface area contributed by atoms with Crippen LogP contribution in [0.1, 0.15) is 19.1 Å². The highest BCUT2D eigenvalue weighted by Gasteiger charge is 2.90. The monoisotopic (exact) mass is 678 g/mol. The van der Waals surface area contributed by atoms with E-state index in [1.807, 2.05) is 4.98 Å². The van der Waals surface area contributed by atoms with Crippen molar-refractivity contribution >= 4 is 0 Å². The Morgan fingerprint density at radius 3 is 1.98 bits per heavy atom. The number of aliphatic hydroxyl groups is 3. The summed E-state index contributed by atoms with van der Waals surface area (Å²) in [5.74, 6) is -37.5. The summed E-state index contributed by atoms with van der Waals surface area (Å²) in [6.07, 6.45) is -18.2. The van der Waals surface area contributed by atoms with E-state index in [-0.39, 0.29) is 0 Å². The summed E-state index contributed by atoms with van der Waals surface area (Å²) in [6, 6.07) is 0.873. The minimum absolute atomic E-state index is 0.728. The molecule has 0 spiro atoms. The van der Waals surface area contributed by atoms with Crippen LogP contribution in [-0.4, -0.2) is 112 Å². The first-order valence-corrected chi connectivity index (χ1v) is 12.0. The Bertz CT molecular complexity index is 1220. The Morgan fingerprint density at radius 2 is 1.48 bits per heavy atom. The molecule has 1 fully saturated rings. The molecule has 0 amide bonds. The number of aromatic amines is 1. The van der Waals surface area contributed by atoms with Crippen molar-refractivity contribution in [2.24, 2.45) is 0 Å². The van der Waals surface area contributed by atoms with Gasteiger partial charge in [0.1, 0.15) is 24.4 Å². The normalized spacial score (nSPS) is 23.3. The number of hydrogen-bond acceptors (Lipinski definition) is 8. The highest BCUT2D eigenvalue weighted by molar-refractivity contribution is 5.10. The van der Waals surface area contributed by atoms with Crippen molar-refractivity contribution in [1.82, 2.24) is 9.55 Å². The molecule has 1 aliphatic rings.